The Morgan fingerprint density at radius 1 is 0.925 bits per heavy atom. The van der Waals surface area contributed by atoms with Crippen molar-refractivity contribution in [3.8, 4) is 11.1 Å². The molecule has 0 radical (unpaired) electrons. The van der Waals surface area contributed by atoms with Gasteiger partial charge in [-0.05, 0) is 99.1 Å². The van der Waals surface area contributed by atoms with E-state index in [2.05, 4.69) is 58.4 Å². The number of nitrogen functional groups attached to an aromatic ring is 1. The summed E-state index contributed by atoms with van der Waals surface area (Å²) in [7, 11) is 0. The fraction of sp³-hybridized carbons (Fsp3) is 0.353. The Labute approximate surface area is 237 Å². The summed E-state index contributed by atoms with van der Waals surface area (Å²) in [5.74, 6) is 0.864. The lowest BCUT2D eigenvalue weighted by molar-refractivity contribution is 0.0710. The lowest BCUT2D eigenvalue weighted by Gasteiger charge is -2.29. The molecular weight excluding hydrogens is 494 g/mol. The van der Waals surface area contributed by atoms with Gasteiger partial charge in [-0.2, -0.15) is 0 Å². The summed E-state index contributed by atoms with van der Waals surface area (Å²) in [5, 5.41) is 4.40. The highest BCUT2D eigenvalue weighted by molar-refractivity contribution is 6.08. The number of fused-ring (bicyclic) bond motifs is 1. The van der Waals surface area contributed by atoms with E-state index in [1.54, 1.807) is 0 Å². The number of carbonyl (C=O) groups is 1. The van der Waals surface area contributed by atoms with E-state index in [1.807, 2.05) is 36.4 Å². The number of nitrogens with zero attached hydrogens (tertiary/aromatic N) is 3. The fourth-order valence-electron chi connectivity index (χ4n) is 6.15. The highest BCUT2D eigenvalue weighted by Gasteiger charge is 2.32. The van der Waals surface area contributed by atoms with Gasteiger partial charge in [0.05, 0.1) is 11.1 Å². The molecule has 3 N–H and O–H groups in total. The number of nitrogens with one attached hydrogen (secondary N) is 1. The summed E-state index contributed by atoms with van der Waals surface area (Å²) >= 11 is 0. The van der Waals surface area contributed by atoms with Gasteiger partial charge in [-0.1, -0.05) is 48.0 Å². The minimum absolute atomic E-state index is 0.116. The number of benzene rings is 3. The average Bonchev–Trinajstić information content (AvgIpc) is 3.66. The third-order valence-electron chi connectivity index (χ3n) is 8.43. The van der Waals surface area contributed by atoms with Crippen molar-refractivity contribution >= 4 is 28.3 Å². The zero-order valence-corrected chi connectivity index (χ0v) is 23.4. The van der Waals surface area contributed by atoms with Crippen LogP contribution in [-0.2, 0) is 6.42 Å². The number of carbonyl (C=O) groups excluding carboxylic acids is 1. The molecule has 0 bridgehead atoms. The molecule has 2 fully saturated rings. The number of rotatable bonds is 8. The van der Waals surface area contributed by atoms with Crippen LogP contribution in [0.2, 0.25) is 0 Å². The Morgan fingerprint density at radius 3 is 2.45 bits per heavy atom. The quantitative estimate of drug-likeness (QED) is 0.266. The van der Waals surface area contributed by atoms with E-state index >= 15 is 0 Å². The number of likely N-dealkylation sites (tertiary alicyclic amines) is 2. The first-order chi connectivity index (χ1) is 19.5. The topological polar surface area (TPSA) is 74.5 Å². The first kappa shape index (κ1) is 26.3. The van der Waals surface area contributed by atoms with Crippen LogP contribution in [0.1, 0.15) is 47.2 Å². The predicted molar refractivity (Wildman–Crippen MR) is 165 cm³/mol. The smallest absolute Gasteiger partial charge is 0.254 e. The zero-order chi connectivity index (χ0) is 27.5. The average molecular weight is 534 g/mol. The summed E-state index contributed by atoms with van der Waals surface area (Å²) in [5.41, 5.74) is 12.9. The second-order valence-corrected chi connectivity index (χ2v) is 11.4. The molecule has 1 atom stereocenters. The maximum Gasteiger partial charge on any atom is 0.254 e. The van der Waals surface area contributed by atoms with Crippen molar-refractivity contribution in [2.45, 2.75) is 45.1 Å². The van der Waals surface area contributed by atoms with Crippen molar-refractivity contribution in [1.29, 1.82) is 0 Å². The van der Waals surface area contributed by atoms with Crippen molar-refractivity contribution < 1.29 is 4.79 Å². The number of aromatic nitrogens is 1. The van der Waals surface area contributed by atoms with Crippen LogP contribution >= 0.6 is 0 Å². The third-order valence-corrected chi connectivity index (χ3v) is 8.43. The van der Waals surface area contributed by atoms with Crippen LogP contribution in [0.25, 0.3) is 22.0 Å². The standard InChI is InChI=1S/C34H39N5O/c1-24-6-8-25(9-7-24)16-17-36-33-22-31(34(40)39-20-4-5-29(39)23-38-18-2-3-19-38)30-21-27(12-15-32(30)37-33)26-10-13-28(35)14-11-26/h6-15,21-22,29H,2-5,16-20,23,35H2,1H3,(H,36,37)/t29-/m0/s1. The lowest BCUT2D eigenvalue weighted by Crippen LogP contribution is -2.42. The van der Waals surface area contributed by atoms with E-state index in [-0.39, 0.29) is 11.9 Å². The van der Waals surface area contributed by atoms with Gasteiger partial charge < -0.3 is 20.9 Å². The van der Waals surface area contributed by atoms with Gasteiger partial charge in [0.15, 0.2) is 0 Å². The number of pyridine rings is 1. The molecule has 6 heteroatoms. The van der Waals surface area contributed by atoms with E-state index in [4.69, 9.17) is 10.7 Å². The monoisotopic (exact) mass is 533 g/mol. The molecule has 206 valence electrons. The summed E-state index contributed by atoms with van der Waals surface area (Å²) in [6, 6.07) is 25.0. The minimum atomic E-state index is 0.116. The number of aryl methyl sites for hydroxylation is 1. The van der Waals surface area contributed by atoms with Gasteiger partial charge in [-0.25, -0.2) is 4.98 Å². The van der Waals surface area contributed by atoms with Crippen molar-refractivity contribution in [3.05, 3.63) is 89.5 Å². The summed E-state index contributed by atoms with van der Waals surface area (Å²) in [4.78, 5) is 23.8. The van der Waals surface area contributed by atoms with Crippen molar-refractivity contribution in [2.24, 2.45) is 0 Å². The van der Waals surface area contributed by atoms with Crippen molar-refractivity contribution in [1.82, 2.24) is 14.8 Å². The molecule has 3 heterocycles. The third kappa shape index (κ3) is 5.82. The highest BCUT2D eigenvalue weighted by Crippen LogP contribution is 2.31. The molecule has 2 aliphatic rings. The van der Waals surface area contributed by atoms with Crippen molar-refractivity contribution in [3.63, 3.8) is 0 Å². The maximum atomic E-state index is 14.3. The molecule has 0 spiro atoms. The predicted octanol–water partition coefficient (Wildman–Crippen LogP) is 6.15. The summed E-state index contributed by atoms with van der Waals surface area (Å²) in [6.07, 6.45) is 5.56. The Hall–Kier alpha value is -3.90. The SMILES string of the molecule is Cc1ccc(CCNc2cc(C(=O)N3CCC[C@H]3CN3CCCC3)c3cc(-c4ccc(N)cc4)ccc3n2)cc1. The molecule has 2 saturated heterocycles. The second-order valence-electron chi connectivity index (χ2n) is 11.4. The molecule has 6 rings (SSSR count). The van der Waals surface area contributed by atoms with E-state index in [0.29, 0.717) is 0 Å². The van der Waals surface area contributed by atoms with Crippen LogP contribution in [0, 0.1) is 6.92 Å². The van der Waals surface area contributed by atoms with Crippen molar-refractivity contribution in [2.75, 3.05) is 43.8 Å². The Bertz CT molecular complexity index is 1480. The molecule has 6 nitrogen and oxygen atoms in total. The van der Waals surface area contributed by atoms with Crippen LogP contribution < -0.4 is 11.1 Å². The Balaban J connectivity index is 1.31. The molecule has 0 aliphatic carbocycles. The molecule has 1 amide bonds. The van der Waals surface area contributed by atoms with Crippen LogP contribution in [0.15, 0.2) is 72.8 Å². The first-order valence-electron chi connectivity index (χ1n) is 14.7. The molecule has 0 saturated carbocycles. The molecular formula is C34H39N5O. The van der Waals surface area contributed by atoms with E-state index in [0.717, 1.165) is 91.1 Å². The Kier molecular flexibility index (Phi) is 7.69. The van der Waals surface area contributed by atoms with Gasteiger partial charge >= 0.3 is 0 Å². The number of amides is 1. The first-order valence-corrected chi connectivity index (χ1v) is 14.7. The maximum absolute atomic E-state index is 14.3. The van der Waals surface area contributed by atoms with Crippen LogP contribution in [0.3, 0.4) is 0 Å². The van der Waals surface area contributed by atoms with Gasteiger partial charge in [-0.15, -0.1) is 0 Å². The summed E-state index contributed by atoms with van der Waals surface area (Å²) < 4.78 is 0. The molecule has 40 heavy (non-hydrogen) atoms. The van der Waals surface area contributed by atoms with E-state index in [1.165, 1.54) is 24.0 Å². The largest absolute Gasteiger partial charge is 0.399 e. The van der Waals surface area contributed by atoms with Gasteiger partial charge in [0.1, 0.15) is 5.82 Å². The van der Waals surface area contributed by atoms with Crippen LogP contribution in [0.4, 0.5) is 11.5 Å². The number of hydrogen-bond acceptors (Lipinski definition) is 5. The Morgan fingerprint density at radius 2 is 1.68 bits per heavy atom. The number of nitrogens with two attached hydrogens (primary N) is 1. The van der Waals surface area contributed by atoms with E-state index < -0.39 is 0 Å². The second kappa shape index (κ2) is 11.7. The molecule has 3 aromatic carbocycles. The lowest BCUT2D eigenvalue weighted by atomic mass is 9.99. The van der Waals surface area contributed by atoms with E-state index in [9.17, 15) is 4.79 Å². The van der Waals surface area contributed by atoms with Crippen LogP contribution in [0.5, 0.6) is 0 Å². The number of hydrogen-bond donors (Lipinski definition) is 2. The molecule has 4 aromatic rings. The van der Waals surface area contributed by atoms with Crippen LogP contribution in [-0.4, -0.2) is 59.5 Å². The highest BCUT2D eigenvalue weighted by atomic mass is 16.2. The molecule has 1 aromatic heterocycles. The van der Waals surface area contributed by atoms with Gasteiger partial charge in [-0.3, -0.25) is 4.79 Å². The molecule has 0 unspecified atom stereocenters. The number of anilines is 2. The summed E-state index contributed by atoms with van der Waals surface area (Å²) in [6.45, 7) is 6.95. The van der Waals surface area contributed by atoms with Gasteiger partial charge in [0.25, 0.3) is 5.91 Å². The minimum Gasteiger partial charge on any atom is -0.399 e. The normalized spacial score (nSPS) is 17.5. The zero-order valence-electron chi connectivity index (χ0n) is 23.4. The van der Waals surface area contributed by atoms with Gasteiger partial charge in [0, 0.05) is 36.7 Å². The van der Waals surface area contributed by atoms with Gasteiger partial charge in [0.2, 0.25) is 0 Å². The fourth-order valence-corrected chi connectivity index (χ4v) is 6.15. The molecule has 2 aliphatic heterocycles.